The van der Waals surface area contributed by atoms with Gasteiger partial charge in [-0.25, -0.2) is 0 Å². The van der Waals surface area contributed by atoms with Gasteiger partial charge in [0, 0.05) is 30.4 Å². The lowest BCUT2D eigenvalue weighted by atomic mass is 10.1. The Morgan fingerprint density at radius 3 is 2.67 bits per heavy atom. The molecule has 1 aliphatic rings. The second-order valence-corrected chi connectivity index (χ2v) is 6.22. The van der Waals surface area contributed by atoms with Crippen molar-refractivity contribution >= 4 is 41.3 Å². The average Bonchev–Trinajstić information content (AvgIpc) is 2.73. The average molecular weight is 309 g/mol. The zero-order valence-corrected chi connectivity index (χ0v) is 12.5. The van der Waals surface area contributed by atoms with Crippen LogP contribution in [-0.2, 0) is 11.2 Å². The Bertz CT molecular complexity index is 389. The highest BCUT2D eigenvalue weighted by atomic mass is 35.5. The number of nitrogens with two attached hydrogens (primary N) is 1. The number of hydrogen-bond acceptors (Lipinski definition) is 3. The van der Waals surface area contributed by atoms with Crippen LogP contribution in [0.3, 0.4) is 0 Å². The van der Waals surface area contributed by atoms with Crippen LogP contribution in [0.2, 0.25) is 4.34 Å². The Hall–Kier alpha value is -0.290. The second kappa shape index (κ2) is 7.34. The number of carbonyl (C=O) groups excluding carboxylic acids is 1. The van der Waals surface area contributed by atoms with Crippen molar-refractivity contribution in [1.82, 2.24) is 4.90 Å². The summed E-state index contributed by atoms with van der Waals surface area (Å²) < 4.78 is 0.788. The molecule has 1 amide bonds. The molecule has 1 saturated heterocycles. The minimum absolute atomic E-state index is 0. The molecule has 0 spiro atoms. The molecule has 3 nitrogen and oxygen atoms in total. The first kappa shape index (κ1) is 15.8. The zero-order chi connectivity index (χ0) is 12.3. The first-order chi connectivity index (χ1) is 8.15. The molecule has 6 heteroatoms. The Labute approximate surface area is 123 Å². The number of amides is 1. The number of halogens is 2. The van der Waals surface area contributed by atoms with E-state index in [0.29, 0.717) is 6.42 Å². The van der Waals surface area contributed by atoms with E-state index in [1.165, 1.54) is 4.88 Å². The first-order valence-electron chi connectivity index (χ1n) is 5.93. The molecule has 1 fully saturated rings. The minimum atomic E-state index is 0. The summed E-state index contributed by atoms with van der Waals surface area (Å²) in [4.78, 5) is 15.0. The number of nitrogens with zero attached hydrogens (tertiary/aromatic N) is 1. The molecule has 2 N–H and O–H groups in total. The molecule has 0 atom stereocenters. The maximum absolute atomic E-state index is 11.9. The molecule has 0 bridgehead atoms. The SMILES string of the molecule is Cl.NC1CCN(C(=O)CCc2ccc(Cl)s2)CC1. The molecule has 0 unspecified atom stereocenters. The molecule has 0 aliphatic carbocycles. The third-order valence-corrected chi connectivity index (χ3v) is 4.40. The van der Waals surface area contributed by atoms with Crippen molar-refractivity contribution in [3.8, 4) is 0 Å². The van der Waals surface area contributed by atoms with E-state index >= 15 is 0 Å². The molecule has 2 heterocycles. The Morgan fingerprint density at radius 1 is 1.44 bits per heavy atom. The summed E-state index contributed by atoms with van der Waals surface area (Å²) in [5.74, 6) is 0.237. The van der Waals surface area contributed by atoms with Gasteiger partial charge >= 0.3 is 0 Å². The van der Waals surface area contributed by atoms with Gasteiger partial charge in [0.2, 0.25) is 5.91 Å². The lowest BCUT2D eigenvalue weighted by molar-refractivity contribution is -0.132. The van der Waals surface area contributed by atoms with E-state index in [-0.39, 0.29) is 24.4 Å². The number of aryl methyl sites for hydroxylation is 1. The zero-order valence-electron chi connectivity index (χ0n) is 10.1. The van der Waals surface area contributed by atoms with Crippen molar-refractivity contribution in [2.45, 2.75) is 31.7 Å². The van der Waals surface area contributed by atoms with Gasteiger partial charge in [0.05, 0.1) is 4.34 Å². The van der Waals surface area contributed by atoms with Crippen LogP contribution in [0, 0.1) is 0 Å². The van der Waals surface area contributed by atoms with Gasteiger partial charge in [0.1, 0.15) is 0 Å². The van der Waals surface area contributed by atoms with Crippen molar-refractivity contribution < 1.29 is 4.79 Å². The van der Waals surface area contributed by atoms with Gasteiger partial charge < -0.3 is 10.6 Å². The van der Waals surface area contributed by atoms with Gasteiger partial charge in [0.25, 0.3) is 0 Å². The van der Waals surface area contributed by atoms with Crippen LogP contribution in [0.5, 0.6) is 0 Å². The highest BCUT2D eigenvalue weighted by Gasteiger charge is 2.20. The normalized spacial score (nSPS) is 16.4. The van der Waals surface area contributed by atoms with E-state index in [9.17, 15) is 4.79 Å². The summed E-state index contributed by atoms with van der Waals surface area (Å²) in [5.41, 5.74) is 5.81. The number of likely N-dealkylation sites (tertiary alicyclic amines) is 1. The maximum atomic E-state index is 11.9. The number of rotatable bonds is 3. The highest BCUT2D eigenvalue weighted by Crippen LogP contribution is 2.22. The quantitative estimate of drug-likeness (QED) is 0.933. The molecule has 0 saturated carbocycles. The van der Waals surface area contributed by atoms with E-state index in [1.54, 1.807) is 11.3 Å². The number of hydrogen-bond donors (Lipinski definition) is 1. The van der Waals surface area contributed by atoms with Gasteiger partial charge in [-0.15, -0.1) is 23.7 Å². The maximum Gasteiger partial charge on any atom is 0.222 e. The molecule has 18 heavy (non-hydrogen) atoms. The van der Waals surface area contributed by atoms with Crippen molar-refractivity contribution in [2.75, 3.05) is 13.1 Å². The molecule has 102 valence electrons. The van der Waals surface area contributed by atoms with Crippen molar-refractivity contribution in [3.63, 3.8) is 0 Å². The molecule has 1 aromatic rings. The smallest absolute Gasteiger partial charge is 0.222 e. The highest BCUT2D eigenvalue weighted by molar-refractivity contribution is 7.16. The summed E-state index contributed by atoms with van der Waals surface area (Å²) in [6, 6.07) is 4.15. The Balaban J connectivity index is 0.00000162. The van der Waals surface area contributed by atoms with Crippen LogP contribution in [0.15, 0.2) is 12.1 Å². The minimum Gasteiger partial charge on any atom is -0.343 e. The van der Waals surface area contributed by atoms with Crippen LogP contribution in [-0.4, -0.2) is 29.9 Å². The Kier molecular flexibility index (Phi) is 6.43. The van der Waals surface area contributed by atoms with E-state index in [1.807, 2.05) is 17.0 Å². The summed E-state index contributed by atoms with van der Waals surface area (Å²) in [5, 5.41) is 0. The van der Waals surface area contributed by atoms with Crippen LogP contribution < -0.4 is 5.73 Å². The number of thiophene rings is 1. The van der Waals surface area contributed by atoms with E-state index in [2.05, 4.69) is 0 Å². The summed E-state index contributed by atoms with van der Waals surface area (Å²) >= 11 is 7.40. The molecular formula is C12H18Cl2N2OS. The van der Waals surface area contributed by atoms with Crippen molar-refractivity contribution in [1.29, 1.82) is 0 Å². The standard InChI is InChI=1S/C12H17ClN2OS.ClH/c13-11-3-1-10(17-11)2-4-12(16)15-7-5-9(14)6-8-15;/h1,3,9H,2,4-8,14H2;1H. The molecular weight excluding hydrogens is 291 g/mol. The monoisotopic (exact) mass is 308 g/mol. The lowest BCUT2D eigenvalue weighted by Gasteiger charge is -2.30. The Morgan fingerprint density at radius 2 is 2.11 bits per heavy atom. The van der Waals surface area contributed by atoms with Crippen LogP contribution in [0.4, 0.5) is 0 Å². The van der Waals surface area contributed by atoms with Gasteiger partial charge in [-0.05, 0) is 31.4 Å². The lowest BCUT2D eigenvalue weighted by Crippen LogP contribution is -2.42. The van der Waals surface area contributed by atoms with E-state index in [4.69, 9.17) is 17.3 Å². The third-order valence-electron chi connectivity index (χ3n) is 3.11. The largest absolute Gasteiger partial charge is 0.343 e. The van der Waals surface area contributed by atoms with Gasteiger partial charge in [-0.1, -0.05) is 11.6 Å². The fraction of sp³-hybridized carbons (Fsp3) is 0.583. The first-order valence-corrected chi connectivity index (χ1v) is 7.12. The number of carbonyl (C=O) groups is 1. The molecule has 0 aromatic carbocycles. The topological polar surface area (TPSA) is 46.3 Å². The van der Waals surface area contributed by atoms with Gasteiger partial charge in [-0.2, -0.15) is 0 Å². The molecule has 1 aromatic heterocycles. The molecule has 2 rings (SSSR count). The van der Waals surface area contributed by atoms with Crippen molar-refractivity contribution in [3.05, 3.63) is 21.3 Å². The van der Waals surface area contributed by atoms with Crippen molar-refractivity contribution in [2.24, 2.45) is 5.73 Å². The fourth-order valence-corrected chi connectivity index (χ4v) is 3.11. The third kappa shape index (κ3) is 4.43. The van der Waals surface area contributed by atoms with E-state index < -0.39 is 0 Å². The van der Waals surface area contributed by atoms with Crippen LogP contribution in [0.25, 0.3) is 0 Å². The van der Waals surface area contributed by atoms with Crippen LogP contribution >= 0.6 is 35.3 Å². The summed E-state index contributed by atoms with van der Waals surface area (Å²) in [6.07, 6.45) is 3.22. The summed E-state index contributed by atoms with van der Waals surface area (Å²) in [7, 11) is 0. The molecule has 0 radical (unpaired) electrons. The predicted molar refractivity (Wildman–Crippen MR) is 78.7 cm³/mol. The summed E-state index contributed by atoms with van der Waals surface area (Å²) in [6.45, 7) is 1.62. The van der Waals surface area contributed by atoms with E-state index in [0.717, 1.165) is 36.7 Å². The second-order valence-electron chi connectivity index (χ2n) is 4.42. The predicted octanol–water partition coefficient (Wildman–Crippen LogP) is 2.71. The van der Waals surface area contributed by atoms with Gasteiger partial charge in [0.15, 0.2) is 0 Å². The molecule has 1 aliphatic heterocycles. The van der Waals surface area contributed by atoms with Gasteiger partial charge in [-0.3, -0.25) is 4.79 Å². The number of piperidine rings is 1. The van der Waals surface area contributed by atoms with Crippen LogP contribution in [0.1, 0.15) is 24.1 Å². The fourth-order valence-electron chi connectivity index (χ4n) is 2.02.